The molecule has 0 aromatic carbocycles. The van der Waals surface area contributed by atoms with Crippen LogP contribution in [-0.2, 0) is 4.74 Å². The normalized spacial score (nSPS) is 23.1. The van der Waals surface area contributed by atoms with Gasteiger partial charge in [-0.15, -0.1) is 0 Å². The van der Waals surface area contributed by atoms with Crippen LogP contribution < -0.4 is 0 Å². The first-order chi connectivity index (χ1) is 8.22. The van der Waals surface area contributed by atoms with Gasteiger partial charge in [0.05, 0.1) is 0 Å². The second-order valence-corrected chi connectivity index (χ2v) is 6.84. The van der Waals surface area contributed by atoms with Crippen LogP contribution >= 0.6 is 0 Å². The fourth-order valence-electron chi connectivity index (χ4n) is 2.50. The zero-order chi connectivity index (χ0) is 13.9. The molecule has 0 radical (unpaired) electrons. The fraction of sp³-hybridized carbons (Fsp3) is 0.933. The maximum Gasteiger partial charge on any atom is 0.410 e. The Hall–Kier alpha value is -0.730. The van der Waals surface area contributed by atoms with E-state index in [0.717, 1.165) is 19.4 Å². The highest BCUT2D eigenvalue weighted by Crippen LogP contribution is 2.29. The number of rotatable bonds is 2. The Morgan fingerprint density at radius 2 is 1.83 bits per heavy atom. The number of nitrogens with zero attached hydrogens (tertiary/aromatic N) is 1. The highest BCUT2D eigenvalue weighted by Gasteiger charge is 2.34. The number of hydrogen-bond acceptors (Lipinski definition) is 2. The average molecular weight is 255 g/mol. The summed E-state index contributed by atoms with van der Waals surface area (Å²) in [7, 11) is 0. The molecule has 2 atom stereocenters. The smallest absolute Gasteiger partial charge is 0.410 e. The molecule has 18 heavy (non-hydrogen) atoms. The molecule has 1 amide bonds. The average Bonchev–Trinajstić information content (AvgIpc) is 2.25. The second kappa shape index (κ2) is 5.94. The van der Waals surface area contributed by atoms with E-state index in [1.54, 1.807) is 0 Å². The molecule has 1 aliphatic heterocycles. The van der Waals surface area contributed by atoms with Gasteiger partial charge in [-0.3, -0.25) is 0 Å². The van der Waals surface area contributed by atoms with Crippen molar-refractivity contribution in [3.63, 3.8) is 0 Å². The topological polar surface area (TPSA) is 29.5 Å². The number of carbonyl (C=O) groups is 1. The lowest BCUT2D eigenvalue weighted by Crippen LogP contribution is -2.49. The summed E-state index contributed by atoms with van der Waals surface area (Å²) in [5.41, 5.74) is -0.403. The number of piperidine rings is 1. The van der Waals surface area contributed by atoms with E-state index < -0.39 is 5.60 Å². The van der Waals surface area contributed by atoms with Crippen LogP contribution in [0.4, 0.5) is 4.79 Å². The van der Waals surface area contributed by atoms with E-state index in [2.05, 4.69) is 20.8 Å². The molecule has 3 nitrogen and oxygen atoms in total. The molecular weight excluding hydrogens is 226 g/mol. The molecule has 0 aromatic heterocycles. The van der Waals surface area contributed by atoms with Crippen LogP contribution in [0.25, 0.3) is 0 Å². The Bertz CT molecular complexity index is 281. The Kier molecular flexibility index (Phi) is 5.06. The van der Waals surface area contributed by atoms with Crippen molar-refractivity contribution in [2.45, 2.75) is 72.4 Å². The summed E-state index contributed by atoms with van der Waals surface area (Å²) in [4.78, 5) is 14.2. The lowest BCUT2D eigenvalue weighted by atomic mass is 9.84. The molecule has 0 saturated carbocycles. The van der Waals surface area contributed by atoms with Crippen molar-refractivity contribution < 1.29 is 9.53 Å². The van der Waals surface area contributed by atoms with Gasteiger partial charge in [-0.1, -0.05) is 20.8 Å². The van der Waals surface area contributed by atoms with Gasteiger partial charge in [-0.05, 0) is 51.9 Å². The van der Waals surface area contributed by atoms with E-state index >= 15 is 0 Å². The van der Waals surface area contributed by atoms with E-state index in [0.29, 0.717) is 17.9 Å². The third kappa shape index (κ3) is 4.18. The Morgan fingerprint density at radius 3 is 2.33 bits per heavy atom. The van der Waals surface area contributed by atoms with Gasteiger partial charge in [0.1, 0.15) is 5.60 Å². The van der Waals surface area contributed by atoms with Crippen molar-refractivity contribution in [2.75, 3.05) is 6.54 Å². The molecule has 0 spiro atoms. The number of ether oxygens (including phenoxy) is 1. The molecule has 0 bridgehead atoms. The summed E-state index contributed by atoms with van der Waals surface area (Å²) in [5, 5.41) is 0. The van der Waals surface area contributed by atoms with Crippen LogP contribution in [0.5, 0.6) is 0 Å². The molecule has 0 N–H and O–H groups in total. The van der Waals surface area contributed by atoms with Crippen LogP contribution in [-0.4, -0.2) is 29.2 Å². The van der Waals surface area contributed by atoms with E-state index in [1.807, 2.05) is 25.7 Å². The van der Waals surface area contributed by atoms with E-state index in [9.17, 15) is 4.79 Å². The molecule has 0 aromatic rings. The Balaban J connectivity index is 2.73. The van der Waals surface area contributed by atoms with Gasteiger partial charge < -0.3 is 9.64 Å². The number of carbonyl (C=O) groups excluding carboxylic acids is 1. The predicted octanol–water partition coefficient (Wildman–Crippen LogP) is 4.07. The highest BCUT2D eigenvalue weighted by molar-refractivity contribution is 5.68. The molecule has 1 heterocycles. The van der Waals surface area contributed by atoms with E-state index in [4.69, 9.17) is 4.74 Å². The van der Waals surface area contributed by atoms with Crippen LogP contribution in [0.1, 0.15) is 60.8 Å². The fourth-order valence-corrected chi connectivity index (χ4v) is 2.50. The van der Waals surface area contributed by atoms with Crippen molar-refractivity contribution in [1.82, 2.24) is 4.90 Å². The summed E-state index contributed by atoms with van der Waals surface area (Å²) < 4.78 is 5.52. The van der Waals surface area contributed by atoms with Crippen molar-refractivity contribution in [3.05, 3.63) is 0 Å². The largest absolute Gasteiger partial charge is 0.444 e. The van der Waals surface area contributed by atoms with Gasteiger partial charge in [0.2, 0.25) is 0 Å². The molecule has 106 valence electrons. The molecule has 1 rings (SSSR count). The molecule has 1 fully saturated rings. The number of likely N-dealkylation sites (tertiary alicyclic amines) is 1. The maximum atomic E-state index is 12.3. The second-order valence-electron chi connectivity index (χ2n) is 6.84. The minimum Gasteiger partial charge on any atom is -0.444 e. The van der Waals surface area contributed by atoms with Crippen LogP contribution in [0.15, 0.2) is 0 Å². The zero-order valence-corrected chi connectivity index (χ0v) is 12.8. The first kappa shape index (κ1) is 15.3. The van der Waals surface area contributed by atoms with Gasteiger partial charge in [0.25, 0.3) is 0 Å². The first-order valence-corrected chi connectivity index (χ1v) is 7.22. The van der Waals surface area contributed by atoms with Crippen molar-refractivity contribution in [1.29, 1.82) is 0 Å². The molecule has 1 saturated heterocycles. The minimum atomic E-state index is -0.403. The predicted molar refractivity (Wildman–Crippen MR) is 74.6 cm³/mol. The van der Waals surface area contributed by atoms with Crippen molar-refractivity contribution in [2.24, 2.45) is 11.8 Å². The lowest BCUT2D eigenvalue weighted by molar-refractivity contribution is -0.000701. The van der Waals surface area contributed by atoms with Gasteiger partial charge in [-0.25, -0.2) is 4.79 Å². The molecule has 3 heteroatoms. The lowest BCUT2D eigenvalue weighted by Gasteiger charge is -2.41. The molecule has 2 unspecified atom stereocenters. The molecular formula is C15H29NO2. The zero-order valence-electron chi connectivity index (χ0n) is 12.8. The van der Waals surface area contributed by atoms with Crippen LogP contribution in [0.2, 0.25) is 0 Å². The summed E-state index contributed by atoms with van der Waals surface area (Å²) in [6.45, 7) is 13.3. The first-order valence-electron chi connectivity index (χ1n) is 7.22. The van der Waals surface area contributed by atoms with E-state index in [1.165, 1.54) is 6.42 Å². The Morgan fingerprint density at radius 1 is 1.22 bits per heavy atom. The molecule has 0 aliphatic carbocycles. The Labute approximate surface area is 112 Å². The summed E-state index contributed by atoms with van der Waals surface area (Å²) >= 11 is 0. The summed E-state index contributed by atoms with van der Waals surface area (Å²) in [6.07, 6.45) is 3.29. The minimum absolute atomic E-state index is 0.139. The van der Waals surface area contributed by atoms with Crippen LogP contribution in [0.3, 0.4) is 0 Å². The van der Waals surface area contributed by atoms with Gasteiger partial charge in [0, 0.05) is 12.6 Å². The van der Waals surface area contributed by atoms with Gasteiger partial charge in [0.15, 0.2) is 0 Å². The third-order valence-electron chi connectivity index (χ3n) is 3.84. The monoisotopic (exact) mass is 255 g/mol. The number of amides is 1. The maximum absolute atomic E-state index is 12.3. The SMILES string of the molecule is CC(C)C(C)C1CCCCN1C(=O)OC(C)(C)C. The number of hydrogen-bond donors (Lipinski definition) is 0. The molecule has 1 aliphatic rings. The quantitative estimate of drug-likeness (QED) is 0.744. The summed E-state index contributed by atoms with van der Waals surface area (Å²) in [5.74, 6) is 1.12. The van der Waals surface area contributed by atoms with Crippen molar-refractivity contribution >= 4 is 6.09 Å². The highest BCUT2D eigenvalue weighted by atomic mass is 16.6. The summed E-state index contributed by atoms with van der Waals surface area (Å²) in [6, 6.07) is 0.341. The van der Waals surface area contributed by atoms with E-state index in [-0.39, 0.29) is 6.09 Å². The standard InChI is InChI=1S/C15H29NO2/c1-11(2)12(3)13-9-7-8-10-16(13)14(17)18-15(4,5)6/h11-13H,7-10H2,1-6H3. The van der Waals surface area contributed by atoms with Gasteiger partial charge in [-0.2, -0.15) is 0 Å². The van der Waals surface area contributed by atoms with Crippen LogP contribution in [0, 0.1) is 11.8 Å². The van der Waals surface area contributed by atoms with Gasteiger partial charge >= 0.3 is 6.09 Å². The van der Waals surface area contributed by atoms with Crippen molar-refractivity contribution in [3.8, 4) is 0 Å². The third-order valence-corrected chi connectivity index (χ3v) is 3.84.